The van der Waals surface area contributed by atoms with Crippen LogP contribution in [0.4, 0.5) is 0 Å². The summed E-state index contributed by atoms with van der Waals surface area (Å²) in [5, 5.41) is 0. The van der Waals surface area contributed by atoms with E-state index in [9.17, 15) is 0 Å². The lowest BCUT2D eigenvalue weighted by Gasteiger charge is -2.16. The summed E-state index contributed by atoms with van der Waals surface area (Å²) >= 11 is 0. The molecule has 0 aromatic rings. The number of hydrogen-bond acceptors (Lipinski definition) is 3. The summed E-state index contributed by atoms with van der Waals surface area (Å²) in [4.78, 5) is 0. The molecule has 0 unspecified atom stereocenters. The molecule has 0 aliphatic heterocycles. The molecule has 0 radical (unpaired) electrons. The highest BCUT2D eigenvalue weighted by molar-refractivity contribution is 6.24. The van der Waals surface area contributed by atoms with Gasteiger partial charge in [0.05, 0.1) is 6.61 Å². The third-order valence-electron chi connectivity index (χ3n) is 1.16. The van der Waals surface area contributed by atoms with Crippen LogP contribution in [0.15, 0.2) is 0 Å². The Bertz CT molecular complexity index is 74.1. The lowest BCUT2D eigenvalue weighted by Crippen LogP contribution is -2.23. The maximum Gasteiger partial charge on any atom is 0.179 e. The molecule has 0 heterocycles. The van der Waals surface area contributed by atoms with Crippen molar-refractivity contribution in [3.05, 3.63) is 0 Å². The van der Waals surface area contributed by atoms with Crippen LogP contribution >= 0.6 is 0 Å². The van der Waals surface area contributed by atoms with Gasteiger partial charge in [0.15, 0.2) is 16.1 Å². The highest BCUT2D eigenvalue weighted by Gasteiger charge is 2.05. The Morgan fingerprint density at radius 1 is 1.18 bits per heavy atom. The zero-order valence-electron chi connectivity index (χ0n) is 7.63. The van der Waals surface area contributed by atoms with Crippen LogP contribution in [0.25, 0.3) is 0 Å². The topological polar surface area (TPSA) is 27.7 Å². The number of ether oxygens (including phenoxy) is 2. The Labute approximate surface area is 71.0 Å². The summed E-state index contributed by atoms with van der Waals surface area (Å²) in [5.74, 6) is 0. The first kappa shape index (κ1) is 11.1. The minimum Gasteiger partial charge on any atom is -0.419 e. The molecule has 0 aliphatic rings. The smallest absolute Gasteiger partial charge is 0.179 e. The summed E-state index contributed by atoms with van der Waals surface area (Å²) in [6.07, 6.45) is -0.155. The summed E-state index contributed by atoms with van der Waals surface area (Å²) in [6.45, 7) is 7.95. The lowest BCUT2D eigenvalue weighted by atomic mass is 10.6. The first-order valence-electron chi connectivity index (χ1n) is 4.16. The van der Waals surface area contributed by atoms with Gasteiger partial charge in [-0.25, -0.2) is 0 Å². The Kier molecular flexibility index (Phi) is 8.27. The highest BCUT2D eigenvalue weighted by Crippen LogP contribution is 1.95. The predicted molar refractivity (Wildman–Crippen MR) is 47.4 cm³/mol. The molecule has 4 heteroatoms. The minimum atomic E-state index is -0.323. The largest absolute Gasteiger partial charge is 0.419 e. The SMILES string of the molecule is CCOC(CO[SiH2]C)OCC. The summed E-state index contributed by atoms with van der Waals surface area (Å²) in [7, 11) is -0.323. The molecule has 0 atom stereocenters. The molecule has 11 heavy (non-hydrogen) atoms. The maximum atomic E-state index is 5.29. The molecule has 0 aliphatic carbocycles. The highest BCUT2D eigenvalue weighted by atomic mass is 28.2. The van der Waals surface area contributed by atoms with Crippen LogP contribution in [-0.2, 0) is 13.9 Å². The van der Waals surface area contributed by atoms with Gasteiger partial charge in [-0.3, -0.25) is 0 Å². The van der Waals surface area contributed by atoms with Crippen molar-refractivity contribution in [3.63, 3.8) is 0 Å². The van der Waals surface area contributed by atoms with Gasteiger partial charge in [-0.1, -0.05) is 6.55 Å². The summed E-state index contributed by atoms with van der Waals surface area (Å²) in [6, 6.07) is 0. The molecule has 0 bridgehead atoms. The molecular weight excluding hydrogens is 160 g/mol. The van der Waals surface area contributed by atoms with E-state index in [2.05, 4.69) is 6.55 Å². The van der Waals surface area contributed by atoms with E-state index in [0.29, 0.717) is 19.8 Å². The second-order valence-corrected chi connectivity index (χ2v) is 2.99. The fourth-order valence-electron chi connectivity index (χ4n) is 0.730. The fourth-order valence-corrected chi connectivity index (χ4v) is 1.16. The van der Waals surface area contributed by atoms with Crippen molar-refractivity contribution in [1.29, 1.82) is 0 Å². The Morgan fingerprint density at radius 3 is 2.09 bits per heavy atom. The van der Waals surface area contributed by atoms with Gasteiger partial charge in [0.2, 0.25) is 0 Å². The molecule has 0 spiro atoms. The average molecular weight is 178 g/mol. The molecule has 0 N–H and O–H groups in total. The van der Waals surface area contributed by atoms with Crippen LogP contribution in [-0.4, -0.2) is 35.9 Å². The zero-order chi connectivity index (χ0) is 8.53. The molecule has 68 valence electrons. The second kappa shape index (κ2) is 8.20. The first-order chi connectivity index (χ1) is 5.35. The van der Waals surface area contributed by atoms with Crippen LogP contribution in [0.2, 0.25) is 6.55 Å². The molecule has 0 saturated heterocycles. The molecule has 0 aromatic heterocycles. The second-order valence-electron chi connectivity index (χ2n) is 2.00. The van der Waals surface area contributed by atoms with E-state index in [1.54, 1.807) is 0 Å². The van der Waals surface area contributed by atoms with Gasteiger partial charge in [0.1, 0.15) is 0 Å². The number of hydrogen-bond donors (Lipinski definition) is 0. The Hall–Kier alpha value is 0.0969. The Balaban J connectivity index is 3.34. The standard InChI is InChI=1S/C7H18O3Si/c1-4-8-7(9-5-2)6-10-11-3/h7H,4-6,11H2,1-3H3. The number of rotatable bonds is 7. The van der Waals surface area contributed by atoms with Crippen LogP contribution < -0.4 is 0 Å². The molecule has 0 saturated carbocycles. The van der Waals surface area contributed by atoms with Crippen LogP contribution in [0.3, 0.4) is 0 Å². The Morgan fingerprint density at radius 2 is 1.73 bits per heavy atom. The third-order valence-corrected chi connectivity index (χ3v) is 1.81. The van der Waals surface area contributed by atoms with E-state index in [1.165, 1.54) is 0 Å². The monoisotopic (exact) mass is 178 g/mol. The zero-order valence-corrected chi connectivity index (χ0v) is 9.04. The van der Waals surface area contributed by atoms with Crippen molar-refractivity contribution >= 4 is 9.76 Å². The van der Waals surface area contributed by atoms with Crippen molar-refractivity contribution in [3.8, 4) is 0 Å². The van der Waals surface area contributed by atoms with Crippen molar-refractivity contribution in [2.75, 3.05) is 19.8 Å². The van der Waals surface area contributed by atoms with Crippen molar-refractivity contribution in [1.82, 2.24) is 0 Å². The van der Waals surface area contributed by atoms with Gasteiger partial charge >= 0.3 is 0 Å². The molecule has 0 rings (SSSR count). The van der Waals surface area contributed by atoms with Gasteiger partial charge in [0.25, 0.3) is 0 Å². The maximum absolute atomic E-state index is 5.29. The van der Waals surface area contributed by atoms with Crippen LogP contribution in [0.1, 0.15) is 13.8 Å². The van der Waals surface area contributed by atoms with E-state index >= 15 is 0 Å². The van der Waals surface area contributed by atoms with Gasteiger partial charge in [0, 0.05) is 13.2 Å². The molecular formula is C7H18O3Si. The lowest BCUT2D eigenvalue weighted by molar-refractivity contribution is -0.152. The predicted octanol–water partition coefficient (Wildman–Crippen LogP) is 0.534. The molecule has 3 nitrogen and oxygen atoms in total. The third kappa shape index (κ3) is 6.49. The van der Waals surface area contributed by atoms with E-state index < -0.39 is 0 Å². The first-order valence-corrected chi connectivity index (χ1v) is 6.15. The van der Waals surface area contributed by atoms with Gasteiger partial charge < -0.3 is 13.9 Å². The van der Waals surface area contributed by atoms with Crippen LogP contribution in [0.5, 0.6) is 0 Å². The van der Waals surface area contributed by atoms with Gasteiger partial charge in [-0.05, 0) is 13.8 Å². The molecule has 0 fully saturated rings. The van der Waals surface area contributed by atoms with Crippen molar-refractivity contribution < 1.29 is 13.9 Å². The van der Waals surface area contributed by atoms with E-state index in [-0.39, 0.29) is 16.1 Å². The van der Waals surface area contributed by atoms with Crippen molar-refractivity contribution in [2.24, 2.45) is 0 Å². The quantitative estimate of drug-likeness (QED) is 0.420. The van der Waals surface area contributed by atoms with Gasteiger partial charge in [-0.2, -0.15) is 0 Å². The summed E-state index contributed by atoms with van der Waals surface area (Å²) < 4.78 is 15.8. The molecule has 0 aromatic carbocycles. The van der Waals surface area contributed by atoms with E-state index in [0.717, 1.165) is 0 Å². The van der Waals surface area contributed by atoms with E-state index in [4.69, 9.17) is 13.9 Å². The van der Waals surface area contributed by atoms with Crippen LogP contribution in [0, 0.1) is 0 Å². The fraction of sp³-hybridized carbons (Fsp3) is 1.00. The van der Waals surface area contributed by atoms with E-state index in [1.807, 2.05) is 13.8 Å². The average Bonchev–Trinajstić information content (AvgIpc) is 2.01. The minimum absolute atomic E-state index is 0.155. The summed E-state index contributed by atoms with van der Waals surface area (Å²) in [5.41, 5.74) is 0. The molecule has 0 amide bonds. The van der Waals surface area contributed by atoms with Crippen molar-refractivity contribution in [2.45, 2.75) is 26.7 Å². The van der Waals surface area contributed by atoms with Gasteiger partial charge in [-0.15, -0.1) is 0 Å². The normalized spacial score (nSPS) is 12.0.